The van der Waals surface area contributed by atoms with Gasteiger partial charge >= 0.3 is 0 Å². The van der Waals surface area contributed by atoms with Gasteiger partial charge < -0.3 is 5.32 Å². The van der Waals surface area contributed by atoms with E-state index in [1.807, 2.05) is 6.92 Å². The molecule has 0 saturated carbocycles. The molecule has 0 heterocycles. The minimum Gasteiger partial charge on any atom is -0.322 e. The first kappa shape index (κ1) is 21.3. The summed E-state index contributed by atoms with van der Waals surface area (Å²) in [6, 6.07) is 18.0. The van der Waals surface area contributed by atoms with E-state index in [9.17, 15) is 18.0 Å². The maximum absolute atomic E-state index is 12.8. The lowest BCUT2D eigenvalue weighted by Gasteiger charge is -2.14. The Labute approximate surface area is 176 Å². The number of nitrogens with one attached hydrogen (secondary N) is 2. The summed E-state index contributed by atoms with van der Waals surface area (Å²) in [5.74, 6) is -0.501. The smallest absolute Gasteiger partial charge is 0.261 e. The fourth-order valence-electron chi connectivity index (χ4n) is 2.93. The Hall–Kier alpha value is -3.45. The van der Waals surface area contributed by atoms with Gasteiger partial charge in [-0.3, -0.25) is 14.3 Å². The van der Waals surface area contributed by atoms with E-state index >= 15 is 0 Å². The van der Waals surface area contributed by atoms with E-state index in [1.165, 1.54) is 19.1 Å². The molecular formula is C23H22N2O4S. The summed E-state index contributed by atoms with van der Waals surface area (Å²) in [6.07, 6.45) is 0. The van der Waals surface area contributed by atoms with Gasteiger partial charge in [-0.05, 0) is 62.7 Å². The van der Waals surface area contributed by atoms with Crippen LogP contribution in [0.15, 0.2) is 71.6 Å². The molecule has 0 radical (unpaired) electrons. The molecule has 0 aromatic heterocycles. The number of carbonyl (C=O) groups is 2. The van der Waals surface area contributed by atoms with Crippen molar-refractivity contribution in [1.82, 2.24) is 0 Å². The van der Waals surface area contributed by atoms with E-state index < -0.39 is 15.9 Å². The molecule has 2 N–H and O–H groups in total. The zero-order valence-corrected chi connectivity index (χ0v) is 17.7. The second-order valence-corrected chi connectivity index (χ2v) is 8.67. The molecule has 0 atom stereocenters. The van der Waals surface area contributed by atoms with Crippen LogP contribution in [0.2, 0.25) is 0 Å². The lowest BCUT2D eigenvalue weighted by Crippen LogP contribution is -2.17. The molecule has 0 fully saturated rings. The molecule has 0 saturated heterocycles. The topological polar surface area (TPSA) is 92.3 Å². The monoisotopic (exact) mass is 422 g/mol. The van der Waals surface area contributed by atoms with Crippen molar-refractivity contribution in [3.05, 3.63) is 89.0 Å². The number of rotatable bonds is 6. The van der Waals surface area contributed by atoms with Crippen LogP contribution in [-0.2, 0) is 10.0 Å². The van der Waals surface area contributed by atoms with E-state index in [1.54, 1.807) is 61.5 Å². The maximum atomic E-state index is 12.8. The molecule has 7 heteroatoms. The lowest BCUT2D eigenvalue weighted by molar-refractivity contribution is 0.101. The molecular weight excluding hydrogens is 400 g/mol. The van der Waals surface area contributed by atoms with Crippen molar-refractivity contribution in [3.63, 3.8) is 0 Å². The van der Waals surface area contributed by atoms with Crippen LogP contribution in [-0.4, -0.2) is 20.1 Å². The number of carbonyl (C=O) groups excluding carboxylic acids is 2. The van der Waals surface area contributed by atoms with Gasteiger partial charge in [0, 0.05) is 16.8 Å². The van der Waals surface area contributed by atoms with Crippen molar-refractivity contribution in [2.45, 2.75) is 25.7 Å². The molecule has 3 aromatic rings. The lowest BCUT2D eigenvalue weighted by atomic mass is 10.1. The highest BCUT2D eigenvalue weighted by Gasteiger charge is 2.18. The summed E-state index contributed by atoms with van der Waals surface area (Å²) in [4.78, 5) is 24.5. The Kier molecular flexibility index (Phi) is 6.03. The van der Waals surface area contributed by atoms with Gasteiger partial charge in [-0.1, -0.05) is 35.9 Å². The first-order valence-corrected chi connectivity index (χ1v) is 10.8. The van der Waals surface area contributed by atoms with E-state index in [0.29, 0.717) is 28.1 Å². The van der Waals surface area contributed by atoms with Crippen LogP contribution in [0, 0.1) is 13.8 Å². The van der Waals surface area contributed by atoms with E-state index in [4.69, 9.17) is 0 Å². The predicted molar refractivity (Wildman–Crippen MR) is 118 cm³/mol. The number of amides is 1. The first-order valence-electron chi connectivity index (χ1n) is 9.29. The Morgan fingerprint density at radius 3 is 2.20 bits per heavy atom. The zero-order chi connectivity index (χ0) is 21.9. The number of sulfonamides is 1. The minimum absolute atomic E-state index is 0.102. The molecule has 3 rings (SSSR count). The molecule has 0 aliphatic heterocycles. The summed E-state index contributed by atoms with van der Waals surface area (Å²) >= 11 is 0. The van der Waals surface area contributed by atoms with Gasteiger partial charge in [-0.15, -0.1) is 0 Å². The number of hydrogen-bond acceptors (Lipinski definition) is 4. The van der Waals surface area contributed by atoms with Gasteiger partial charge in [0.05, 0.1) is 10.6 Å². The number of anilines is 2. The summed E-state index contributed by atoms with van der Waals surface area (Å²) in [7, 11) is -3.79. The molecule has 0 bridgehead atoms. The standard InChI is InChI=1S/C23H22N2O4S/c1-15-10-12-20(13-11-15)30(28,29)25-22-9-5-8-21(16(22)2)23(27)24-19-7-4-6-18(14-19)17(3)26/h4-14,25H,1-3H3,(H,24,27). The predicted octanol–water partition coefficient (Wildman–Crippen LogP) is 4.56. The maximum Gasteiger partial charge on any atom is 0.261 e. The number of aryl methyl sites for hydroxylation is 1. The summed E-state index contributed by atoms with van der Waals surface area (Å²) < 4.78 is 27.9. The highest BCUT2D eigenvalue weighted by atomic mass is 32.2. The van der Waals surface area contributed by atoms with Crippen molar-refractivity contribution in [3.8, 4) is 0 Å². The quantitative estimate of drug-likeness (QED) is 0.570. The van der Waals surface area contributed by atoms with E-state index in [-0.39, 0.29) is 10.7 Å². The molecule has 0 aliphatic rings. The second-order valence-electron chi connectivity index (χ2n) is 6.99. The van der Waals surface area contributed by atoms with Crippen LogP contribution in [0.5, 0.6) is 0 Å². The average molecular weight is 423 g/mol. The number of ketones is 1. The molecule has 6 nitrogen and oxygen atoms in total. The number of Topliss-reactive ketones (excluding diaryl/α,β-unsaturated/α-hetero) is 1. The van der Waals surface area contributed by atoms with Crippen molar-refractivity contribution < 1.29 is 18.0 Å². The van der Waals surface area contributed by atoms with Gasteiger partial charge in [0.15, 0.2) is 5.78 Å². The Balaban J connectivity index is 1.85. The Morgan fingerprint density at radius 2 is 1.53 bits per heavy atom. The van der Waals surface area contributed by atoms with Crippen LogP contribution < -0.4 is 10.0 Å². The van der Waals surface area contributed by atoms with Gasteiger partial charge in [0.2, 0.25) is 0 Å². The number of hydrogen-bond donors (Lipinski definition) is 2. The molecule has 0 unspecified atom stereocenters. The van der Waals surface area contributed by atoms with E-state index in [0.717, 1.165) is 5.56 Å². The van der Waals surface area contributed by atoms with Crippen molar-refractivity contribution in [1.29, 1.82) is 0 Å². The van der Waals surface area contributed by atoms with Crippen LogP contribution in [0.1, 0.15) is 38.8 Å². The van der Waals surface area contributed by atoms with Crippen LogP contribution in [0.25, 0.3) is 0 Å². The highest BCUT2D eigenvalue weighted by molar-refractivity contribution is 7.92. The van der Waals surface area contributed by atoms with Gasteiger partial charge in [-0.25, -0.2) is 8.42 Å². The highest BCUT2D eigenvalue weighted by Crippen LogP contribution is 2.24. The van der Waals surface area contributed by atoms with Crippen LogP contribution >= 0.6 is 0 Å². The van der Waals surface area contributed by atoms with Crippen LogP contribution in [0.4, 0.5) is 11.4 Å². The van der Waals surface area contributed by atoms with Gasteiger partial charge in [-0.2, -0.15) is 0 Å². The van der Waals surface area contributed by atoms with Crippen molar-refractivity contribution in [2.24, 2.45) is 0 Å². The summed E-state index contributed by atoms with van der Waals surface area (Å²) in [6.45, 7) is 5.00. The SMILES string of the molecule is CC(=O)c1cccc(NC(=O)c2cccc(NS(=O)(=O)c3ccc(C)cc3)c2C)c1. The van der Waals surface area contributed by atoms with E-state index in [2.05, 4.69) is 10.0 Å². The third-order valence-corrected chi connectivity index (χ3v) is 6.06. The third kappa shape index (κ3) is 4.75. The summed E-state index contributed by atoms with van der Waals surface area (Å²) in [5, 5.41) is 2.75. The molecule has 30 heavy (non-hydrogen) atoms. The normalized spacial score (nSPS) is 11.0. The molecule has 0 spiro atoms. The van der Waals surface area contributed by atoms with Gasteiger partial charge in [0.25, 0.3) is 15.9 Å². The minimum atomic E-state index is -3.79. The molecule has 3 aromatic carbocycles. The average Bonchev–Trinajstić information content (AvgIpc) is 2.70. The first-order chi connectivity index (χ1) is 14.2. The second kappa shape index (κ2) is 8.51. The van der Waals surface area contributed by atoms with Gasteiger partial charge in [0.1, 0.15) is 0 Å². The fourth-order valence-corrected chi connectivity index (χ4v) is 4.05. The molecule has 0 aliphatic carbocycles. The molecule has 1 amide bonds. The Morgan fingerprint density at radius 1 is 0.867 bits per heavy atom. The Bertz CT molecular complexity index is 1220. The summed E-state index contributed by atoms with van der Waals surface area (Å²) in [5.41, 5.74) is 3.07. The van der Waals surface area contributed by atoms with Crippen molar-refractivity contribution in [2.75, 3.05) is 10.0 Å². The third-order valence-electron chi connectivity index (χ3n) is 4.68. The number of benzene rings is 3. The zero-order valence-electron chi connectivity index (χ0n) is 16.9. The van der Waals surface area contributed by atoms with Crippen molar-refractivity contribution >= 4 is 33.1 Å². The fraction of sp³-hybridized carbons (Fsp3) is 0.130. The molecule has 154 valence electrons. The largest absolute Gasteiger partial charge is 0.322 e. The van der Waals surface area contributed by atoms with Crippen LogP contribution in [0.3, 0.4) is 0 Å².